The van der Waals surface area contributed by atoms with E-state index in [9.17, 15) is 13.6 Å². The zero-order valence-corrected chi connectivity index (χ0v) is 17.6. The van der Waals surface area contributed by atoms with Gasteiger partial charge in [0.15, 0.2) is 10.8 Å². The molecule has 1 N–H and O–H groups in total. The molecule has 0 fully saturated rings. The molecule has 0 aromatic carbocycles. The standard InChI is InChI=1S/C19H19F2N7OS/c1-9-5-12(17(20)21)16-11(3)26-28(18(16)22-9)7-15(29)24-19-23-14(8-30-19)13-6-27(4)25-10(13)2/h5-6,8,17H,7H2,1-4H3,(H,23,24,29). The Morgan fingerprint density at radius 1 is 1.20 bits per heavy atom. The highest BCUT2D eigenvalue weighted by Crippen LogP contribution is 2.30. The van der Waals surface area contributed by atoms with E-state index in [2.05, 4.69) is 25.5 Å². The van der Waals surface area contributed by atoms with Gasteiger partial charge in [0, 0.05) is 35.4 Å². The Morgan fingerprint density at radius 3 is 2.63 bits per heavy atom. The van der Waals surface area contributed by atoms with Gasteiger partial charge in [-0.3, -0.25) is 9.48 Å². The van der Waals surface area contributed by atoms with E-state index in [1.54, 1.807) is 18.5 Å². The number of hydrogen-bond donors (Lipinski definition) is 1. The molecule has 4 aromatic rings. The Bertz CT molecular complexity index is 1260. The van der Waals surface area contributed by atoms with Gasteiger partial charge in [-0.2, -0.15) is 10.2 Å². The second kappa shape index (κ2) is 7.56. The molecular weight excluding hydrogens is 412 g/mol. The van der Waals surface area contributed by atoms with Crippen molar-refractivity contribution in [2.24, 2.45) is 7.05 Å². The number of pyridine rings is 1. The van der Waals surface area contributed by atoms with E-state index in [0.29, 0.717) is 16.5 Å². The molecule has 0 unspecified atom stereocenters. The van der Waals surface area contributed by atoms with Gasteiger partial charge in [0.25, 0.3) is 6.43 Å². The van der Waals surface area contributed by atoms with Gasteiger partial charge < -0.3 is 5.32 Å². The SMILES string of the molecule is Cc1cc(C(F)F)c2c(C)nn(CC(=O)Nc3nc(-c4cn(C)nc4C)cs3)c2n1. The minimum atomic E-state index is -2.65. The highest BCUT2D eigenvalue weighted by Gasteiger charge is 2.21. The average molecular weight is 431 g/mol. The number of rotatable bonds is 5. The second-order valence-electron chi connectivity index (χ2n) is 6.98. The number of alkyl halides is 2. The van der Waals surface area contributed by atoms with Crippen LogP contribution in [0.5, 0.6) is 0 Å². The summed E-state index contributed by atoms with van der Waals surface area (Å²) in [5.41, 5.74) is 3.44. The monoisotopic (exact) mass is 431 g/mol. The van der Waals surface area contributed by atoms with Crippen LogP contribution in [0.25, 0.3) is 22.3 Å². The van der Waals surface area contributed by atoms with Crippen LogP contribution in [0.2, 0.25) is 0 Å². The van der Waals surface area contributed by atoms with Crippen LogP contribution in [0.1, 0.15) is 29.1 Å². The Labute approximate surface area is 174 Å². The lowest BCUT2D eigenvalue weighted by Crippen LogP contribution is -2.19. The van der Waals surface area contributed by atoms with Crippen molar-refractivity contribution in [1.29, 1.82) is 0 Å². The van der Waals surface area contributed by atoms with Crippen molar-refractivity contribution >= 4 is 33.4 Å². The van der Waals surface area contributed by atoms with E-state index in [0.717, 1.165) is 17.0 Å². The number of carbonyl (C=O) groups is 1. The van der Waals surface area contributed by atoms with Crippen molar-refractivity contribution in [2.45, 2.75) is 33.7 Å². The van der Waals surface area contributed by atoms with Crippen LogP contribution in [-0.4, -0.2) is 35.4 Å². The summed E-state index contributed by atoms with van der Waals surface area (Å²) in [6, 6.07) is 1.35. The smallest absolute Gasteiger partial charge is 0.264 e. The summed E-state index contributed by atoms with van der Waals surface area (Å²) in [5, 5.41) is 13.8. The zero-order valence-electron chi connectivity index (χ0n) is 16.8. The Balaban J connectivity index is 1.57. The molecule has 0 aliphatic carbocycles. The topological polar surface area (TPSA) is 90.5 Å². The lowest BCUT2D eigenvalue weighted by Gasteiger charge is -2.06. The number of carbonyl (C=O) groups excluding carboxylic acids is 1. The van der Waals surface area contributed by atoms with Crippen LogP contribution in [0, 0.1) is 20.8 Å². The summed E-state index contributed by atoms with van der Waals surface area (Å²) >= 11 is 1.29. The molecule has 0 atom stereocenters. The van der Waals surface area contributed by atoms with E-state index in [-0.39, 0.29) is 29.0 Å². The van der Waals surface area contributed by atoms with E-state index >= 15 is 0 Å². The number of nitrogens with zero attached hydrogens (tertiary/aromatic N) is 6. The molecule has 8 nitrogen and oxygen atoms in total. The summed E-state index contributed by atoms with van der Waals surface area (Å²) in [5.74, 6) is -0.370. The van der Waals surface area contributed by atoms with Crippen molar-refractivity contribution in [3.63, 3.8) is 0 Å². The number of hydrogen-bond acceptors (Lipinski definition) is 6. The first-order valence-corrected chi connectivity index (χ1v) is 9.99. The molecule has 1 amide bonds. The van der Waals surface area contributed by atoms with Gasteiger partial charge in [-0.1, -0.05) is 0 Å². The minimum Gasteiger partial charge on any atom is -0.300 e. The Morgan fingerprint density at radius 2 is 1.97 bits per heavy atom. The largest absolute Gasteiger partial charge is 0.300 e. The predicted octanol–water partition coefficient (Wildman–Crippen LogP) is 3.79. The molecule has 0 spiro atoms. The number of nitrogens with one attached hydrogen (secondary N) is 1. The quantitative estimate of drug-likeness (QED) is 0.519. The lowest BCUT2D eigenvalue weighted by atomic mass is 10.1. The van der Waals surface area contributed by atoms with Crippen LogP contribution in [0.3, 0.4) is 0 Å². The Kier molecular flexibility index (Phi) is 5.06. The van der Waals surface area contributed by atoms with E-state index in [1.807, 2.05) is 25.5 Å². The van der Waals surface area contributed by atoms with Crippen molar-refractivity contribution in [2.75, 3.05) is 5.32 Å². The zero-order chi connectivity index (χ0) is 21.6. The minimum absolute atomic E-state index is 0.127. The number of aromatic nitrogens is 6. The number of fused-ring (bicyclic) bond motifs is 1. The molecular formula is C19H19F2N7OS. The maximum absolute atomic E-state index is 13.4. The Hall–Kier alpha value is -3.21. The highest BCUT2D eigenvalue weighted by atomic mass is 32.1. The number of halogens is 2. The first kappa shape index (κ1) is 20.1. The van der Waals surface area contributed by atoms with Crippen LogP contribution in [-0.2, 0) is 18.4 Å². The summed E-state index contributed by atoms with van der Waals surface area (Å²) < 4.78 is 29.9. The van der Waals surface area contributed by atoms with Crippen LogP contribution >= 0.6 is 11.3 Å². The van der Waals surface area contributed by atoms with Gasteiger partial charge in [-0.05, 0) is 26.8 Å². The van der Waals surface area contributed by atoms with Gasteiger partial charge in [0.05, 0.1) is 22.5 Å². The highest BCUT2D eigenvalue weighted by molar-refractivity contribution is 7.14. The van der Waals surface area contributed by atoms with Crippen molar-refractivity contribution in [3.8, 4) is 11.3 Å². The maximum atomic E-state index is 13.4. The van der Waals surface area contributed by atoms with Gasteiger partial charge in [0.1, 0.15) is 6.54 Å². The van der Waals surface area contributed by atoms with Crippen LogP contribution < -0.4 is 5.32 Å². The molecule has 0 saturated heterocycles. The number of amides is 1. The predicted molar refractivity (Wildman–Crippen MR) is 110 cm³/mol. The maximum Gasteiger partial charge on any atom is 0.264 e. The molecule has 30 heavy (non-hydrogen) atoms. The van der Waals surface area contributed by atoms with Gasteiger partial charge in [0.2, 0.25) is 5.91 Å². The molecule has 0 radical (unpaired) electrons. The fourth-order valence-electron chi connectivity index (χ4n) is 3.40. The fraction of sp³-hybridized carbons (Fsp3) is 0.316. The normalized spacial score (nSPS) is 11.6. The third-order valence-corrected chi connectivity index (χ3v) is 5.36. The summed E-state index contributed by atoms with van der Waals surface area (Å²) in [6.45, 7) is 4.99. The molecule has 4 rings (SSSR count). The van der Waals surface area contributed by atoms with Crippen molar-refractivity contribution in [3.05, 3.63) is 40.3 Å². The fourth-order valence-corrected chi connectivity index (χ4v) is 4.13. The van der Waals surface area contributed by atoms with Gasteiger partial charge in [-0.25, -0.2) is 23.4 Å². The lowest BCUT2D eigenvalue weighted by molar-refractivity contribution is -0.116. The molecule has 0 aliphatic heterocycles. The van der Waals surface area contributed by atoms with E-state index in [4.69, 9.17) is 0 Å². The van der Waals surface area contributed by atoms with Crippen LogP contribution in [0.4, 0.5) is 13.9 Å². The first-order valence-electron chi connectivity index (χ1n) is 9.11. The van der Waals surface area contributed by atoms with Crippen LogP contribution in [0.15, 0.2) is 17.6 Å². The number of aryl methyl sites for hydroxylation is 4. The molecule has 4 aromatic heterocycles. The molecule has 11 heteroatoms. The summed E-state index contributed by atoms with van der Waals surface area (Å²) in [7, 11) is 1.83. The van der Waals surface area contributed by atoms with Gasteiger partial charge in [-0.15, -0.1) is 11.3 Å². The molecule has 4 heterocycles. The third kappa shape index (κ3) is 3.67. The van der Waals surface area contributed by atoms with Gasteiger partial charge >= 0.3 is 0 Å². The molecule has 0 aliphatic rings. The van der Waals surface area contributed by atoms with E-state index in [1.165, 1.54) is 22.1 Å². The third-order valence-electron chi connectivity index (χ3n) is 4.60. The molecule has 0 saturated carbocycles. The average Bonchev–Trinajstić information content (AvgIpc) is 3.33. The summed E-state index contributed by atoms with van der Waals surface area (Å²) in [6.07, 6.45) is -0.785. The molecule has 156 valence electrons. The first-order chi connectivity index (χ1) is 14.2. The number of anilines is 1. The van der Waals surface area contributed by atoms with E-state index < -0.39 is 6.43 Å². The molecule has 0 bridgehead atoms. The number of thiazole rings is 1. The van der Waals surface area contributed by atoms with Crippen molar-refractivity contribution in [1.82, 2.24) is 29.5 Å². The second-order valence-corrected chi connectivity index (χ2v) is 7.84. The van der Waals surface area contributed by atoms with Crippen molar-refractivity contribution < 1.29 is 13.6 Å². The summed E-state index contributed by atoms with van der Waals surface area (Å²) in [4.78, 5) is 21.3.